The van der Waals surface area contributed by atoms with E-state index in [1.54, 1.807) is 24.3 Å². The van der Waals surface area contributed by atoms with Crippen LogP contribution in [-0.2, 0) is 6.54 Å². The van der Waals surface area contributed by atoms with Crippen LogP contribution >= 0.6 is 0 Å². The minimum absolute atomic E-state index is 0.0729. The summed E-state index contributed by atoms with van der Waals surface area (Å²) in [5.41, 5.74) is 6.65. The Morgan fingerprint density at radius 2 is 1.92 bits per heavy atom. The lowest BCUT2D eigenvalue weighted by Crippen LogP contribution is -2.23. The van der Waals surface area contributed by atoms with Gasteiger partial charge < -0.3 is 11.1 Å². The molecule has 0 unspecified atom stereocenters. The summed E-state index contributed by atoms with van der Waals surface area (Å²) in [6, 6.07) is 9.59. The van der Waals surface area contributed by atoms with Crippen molar-refractivity contribution >= 4 is 11.6 Å². The lowest BCUT2D eigenvalue weighted by atomic mass is 10.2. The fourth-order valence-electron chi connectivity index (χ4n) is 2.07. The first-order valence-corrected chi connectivity index (χ1v) is 7.03. The van der Waals surface area contributed by atoms with Crippen LogP contribution in [0.1, 0.15) is 16.2 Å². The monoisotopic (exact) mass is 329 g/mol. The Morgan fingerprint density at radius 3 is 2.62 bits per heavy atom. The van der Waals surface area contributed by atoms with Gasteiger partial charge in [0.25, 0.3) is 5.91 Å². The predicted molar refractivity (Wildman–Crippen MR) is 83.8 cm³/mol. The molecule has 0 radical (unpaired) electrons. The summed E-state index contributed by atoms with van der Waals surface area (Å²) in [6.07, 6.45) is 0. The van der Waals surface area contributed by atoms with Crippen molar-refractivity contribution in [2.45, 2.75) is 6.54 Å². The molecular weight excluding hydrogens is 316 g/mol. The van der Waals surface area contributed by atoms with Gasteiger partial charge in [-0.15, -0.1) is 0 Å². The van der Waals surface area contributed by atoms with E-state index in [-0.39, 0.29) is 23.8 Å². The van der Waals surface area contributed by atoms with Crippen molar-refractivity contribution in [1.82, 2.24) is 20.5 Å². The normalized spacial score (nSPS) is 10.6. The molecule has 1 aromatic heterocycles. The number of aromatic nitrogens is 3. The predicted octanol–water partition coefficient (Wildman–Crippen LogP) is 2.26. The first kappa shape index (κ1) is 15.6. The Kier molecular flexibility index (Phi) is 4.19. The maximum Gasteiger partial charge on any atom is 0.251 e. The van der Waals surface area contributed by atoms with Crippen molar-refractivity contribution in [3.63, 3.8) is 0 Å². The van der Waals surface area contributed by atoms with Crippen molar-refractivity contribution in [1.29, 1.82) is 0 Å². The van der Waals surface area contributed by atoms with Gasteiger partial charge in [0.05, 0.1) is 12.1 Å². The van der Waals surface area contributed by atoms with Gasteiger partial charge in [-0.1, -0.05) is 0 Å². The zero-order valence-corrected chi connectivity index (χ0v) is 12.4. The molecule has 3 rings (SSSR count). The SMILES string of the molecule is Nc1ccc(C(=O)NCc2nc(-c3ccc(F)cc3F)n[nH]2)cc1. The molecule has 4 N–H and O–H groups in total. The van der Waals surface area contributed by atoms with Crippen molar-refractivity contribution in [2.75, 3.05) is 5.73 Å². The Bertz CT molecular complexity index is 876. The molecule has 122 valence electrons. The molecule has 0 saturated heterocycles. The number of carbonyl (C=O) groups is 1. The van der Waals surface area contributed by atoms with E-state index in [4.69, 9.17) is 5.73 Å². The van der Waals surface area contributed by atoms with E-state index in [9.17, 15) is 13.6 Å². The third-order valence-electron chi connectivity index (χ3n) is 3.29. The quantitative estimate of drug-likeness (QED) is 0.640. The van der Waals surface area contributed by atoms with E-state index in [0.717, 1.165) is 12.1 Å². The molecule has 0 atom stereocenters. The van der Waals surface area contributed by atoms with E-state index in [2.05, 4.69) is 20.5 Å². The number of anilines is 1. The largest absolute Gasteiger partial charge is 0.399 e. The van der Waals surface area contributed by atoms with Crippen LogP contribution in [0.2, 0.25) is 0 Å². The third-order valence-corrected chi connectivity index (χ3v) is 3.29. The van der Waals surface area contributed by atoms with E-state index in [0.29, 0.717) is 17.1 Å². The molecule has 1 heterocycles. The molecular formula is C16H13F2N5O. The zero-order valence-electron chi connectivity index (χ0n) is 12.4. The fourth-order valence-corrected chi connectivity index (χ4v) is 2.07. The molecule has 0 spiro atoms. The second kappa shape index (κ2) is 6.45. The Morgan fingerprint density at radius 1 is 1.17 bits per heavy atom. The lowest BCUT2D eigenvalue weighted by molar-refractivity contribution is 0.0950. The van der Waals surface area contributed by atoms with E-state index < -0.39 is 11.6 Å². The van der Waals surface area contributed by atoms with E-state index in [1.165, 1.54) is 6.07 Å². The summed E-state index contributed by atoms with van der Waals surface area (Å²) in [6.45, 7) is 0.0824. The number of aromatic amines is 1. The Labute approximate surface area is 135 Å². The molecule has 2 aromatic carbocycles. The second-order valence-corrected chi connectivity index (χ2v) is 5.03. The Balaban J connectivity index is 1.68. The minimum Gasteiger partial charge on any atom is -0.399 e. The van der Waals surface area contributed by atoms with Crippen LogP contribution < -0.4 is 11.1 Å². The first-order chi connectivity index (χ1) is 11.5. The van der Waals surface area contributed by atoms with Gasteiger partial charge in [0.1, 0.15) is 17.5 Å². The number of hydrogen-bond donors (Lipinski definition) is 3. The van der Waals surface area contributed by atoms with Crippen LogP contribution in [0.15, 0.2) is 42.5 Å². The zero-order chi connectivity index (χ0) is 17.1. The van der Waals surface area contributed by atoms with Crippen LogP contribution in [0.25, 0.3) is 11.4 Å². The van der Waals surface area contributed by atoms with Crippen LogP contribution in [0.5, 0.6) is 0 Å². The van der Waals surface area contributed by atoms with E-state index >= 15 is 0 Å². The number of benzene rings is 2. The molecule has 8 heteroatoms. The molecule has 3 aromatic rings. The number of amides is 1. The first-order valence-electron chi connectivity index (χ1n) is 7.03. The van der Waals surface area contributed by atoms with Crippen LogP contribution in [0.4, 0.5) is 14.5 Å². The van der Waals surface area contributed by atoms with Gasteiger partial charge in [-0.05, 0) is 36.4 Å². The number of nitrogens with zero attached hydrogens (tertiary/aromatic N) is 2. The highest BCUT2D eigenvalue weighted by Gasteiger charge is 2.12. The molecule has 0 aliphatic carbocycles. The van der Waals surface area contributed by atoms with Crippen LogP contribution in [0.3, 0.4) is 0 Å². The number of H-pyrrole nitrogens is 1. The number of rotatable bonds is 4. The maximum atomic E-state index is 13.7. The summed E-state index contributed by atoms with van der Waals surface area (Å²) >= 11 is 0. The van der Waals surface area contributed by atoms with Gasteiger partial charge in [0.2, 0.25) is 0 Å². The van der Waals surface area contributed by atoms with Crippen molar-refractivity contribution in [3.8, 4) is 11.4 Å². The molecule has 0 saturated carbocycles. The molecule has 0 bridgehead atoms. The maximum absolute atomic E-state index is 13.7. The number of halogens is 2. The van der Waals surface area contributed by atoms with Gasteiger partial charge in [-0.3, -0.25) is 9.89 Å². The molecule has 6 nitrogen and oxygen atoms in total. The van der Waals surface area contributed by atoms with Gasteiger partial charge in [-0.25, -0.2) is 13.8 Å². The number of carbonyl (C=O) groups excluding carboxylic acids is 1. The summed E-state index contributed by atoms with van der Waals surface area (Å²) in [5, 5.41) is 9.13. The van der Waals surface area contributed by atoms with E-state index in [1.807, 2.05) is 0 Å². The smallest absolute Gasteiger partial charge is 0.251 e. The Hall–Kier alpha value is -3.29. The summed E-state index contributed by atoms with van der Waals surface area (Å²) in [5.74, 6) is -1.31. The van der Waals surface area contributed by atoms with Gasteiger partial charge in [0, 0.05) is 17.3 Å². The summed E-state index contributed by atoms with van der Waals surface area (Å²) in [4.78, 5) is 16.1. The fraction of sp³-hybridized carbons (Fsp3) is 0.0625. The topological polar surface area (TPSA) is 96.7 Å². The molecule has 0 fully saturated rings. The highest BCUT2D eigenvalue weighted by atomic mass is 19.1. The second-order valence-electron chi connectivity index (χ2n) is 5.03. The van der Waals surface area contributed by atoms with Crippen molar-refractivity contribution in [3.05, 3.63) is 65.5 Å². The van der Waals surface area contributed by atoms with Gasteiger partial charge >= 0.3 is 0 Å². The number of nitrogen functional groups attached to an aromatic ring is 1. The minimum atomic E-state index is -0.758. The summed E-state index contributed by atoms with van der Waals surface area (Å²) in [7, 11) is 0. The average Bonchev–Trinajstić information content (AvgIpc) is 3.02. The molecule has 1 amide bonds. The van der Waals surface area contributed by atoms with Gasteiger partial charge in [0.15, 0.2) is 5.82 Å². The number of nitrogens with two attached hydrogens (primary N) is 1. The standard InChI is InChI=1S/C16H13F2N5O/c17-10-3-6-12(13(18)7-10)15-21-14(22-23-15)8-20-16(24)9-1-4-11(19)5-2-9/h1-7H,8,19H2,(H,20,24)(H,21,22,23). The molecule has 0 aliphatic heterocycles. The highest BCUT2D eigenvalue weighted by molar-refractivity contribution is 5.94. The molecule has 0 aliphatic rings. The van der Waals surface area contributed by atoms with Crippen LogP contribution in [-0.4, -0.2) is 21.1 Å². The van der Waals surface area contributed by atoms with Gasteiger partial charge in [-0.2, -0.15) is 5.10 Å². The van der Waals surface area contributed by atoms with Crippen LogP contribution in [0, 0.1) is 11.6 Å². The highest BCUT2D eigenvalue weighted by Crippen LogP contribution is 2.19. The number of hydrogen-bond acceptors (Lipinski definition) is 4. The number of nitrogens with one attached hydrogen (secondary N) is 2. The van der Waals surface area contributed by atoms with Crippen molar-refractivity contribution in [2.24, 2.45) is 0 Å². The average molecular weight is 329 g/mol. The third kappa shape index (κ3) is 3.37. The lowest BCUT2D eigenvalue weighted by Gasteiger charge is -2.03. The molecule has 24 heavy (non-hydrogen) atoms. The summed E-state index contributed by atoms with van der Waals surface area (Å²) < 4.78 is 26.6. The van der Waals surface area contributed by atoms with Crippen molar-refractivity contribution < 1.29 is 13.6 Å².